The van der Waals surface area contributed by atoms with Crippen molar-refractivity contribution in [2.45, 2.75) is 26.9 Å². The maximum absolute atomic E-state index is 12.2. The van der Waals surface area contributed by atoms with Gasteiger partial charge in [-0.1, -0.05) is 23.7 Å². The molecule has 0 radical (unpaired) electrons. The molecule has 2 rings (SSSR count). The van der Waals surface area contributed by atoms with Gasteiger partial charge in [-0.05, 0) is 56.7 Å². The van der Waals surface area contributed by atoms with E-state index in [2.05, 4.69) is 10.9 Å². The number of nitrogens with one attached hydrogen (secondary N) is 2. The number of hydrazine groups is 1. The predicted molar refractivity (Wildman–Crippen MR) is 99.5 cm³/mol. The van der Waals surface area contributed by atoms with Crippen molar-refractivity contribution < 1.29 is 19.1 Å². The number of halogens is 1. The van der Waals surface area contributed by atoms with Gasteiger partial charge in [0, 0.05) is 5.02 Å². The van der Waals surface area contributed by atoms with Crippen LogP contribution in [0.1, 0.15) is 29.8 Å². The van der Waals surface area contributed by atoms with Gasteiger partial charge in [0.2, 0.25) is 0 Å². The number of benzene rings is 2. The lowest BCUT2D eigenvalue weighted by Crippen LogP contribution is -2.44. The number of amides is 2. The van der Waals surface area contributed by atoms with E-state index in [0.29, 0.717) is 22.1 Å². The molecular weight excluding hydrogens is 356 g/mol. The van der Waals surface area contributed by atoms with Gasteiger partial charge in [0.1, 0.15) is 11.5 Å². The third-order valence-corrected chi connectivity index (χ3v) is 3.73. The molecule has 0 spiro atoms. The van der Waals surface area contributed by atoms with E-state index in [1.807, 2.05) is 20.8 Å². The molecule has 0 unspecified atom stereocenters. The van der Waals surface area contributed by atoms with Crippen molar-refractivity contribution in [2.24, 2.45) is 0 Å². The highest BCUT2D eigenvalue weighted by Crippen LogP contribution is 2.21. The predicted octanol–water partition coefficient (Wildman–Crippen LogP) is 3.28. The van der Waals surface area contributed by atoms with Crippen LogP contribution in [-0.4, -0.2) is 24.5 Å². The first kappa shape index (κ1) is 19.6. The molecule has 7 heteroatoms. The highest BCUT2D eigenvalue weighted by molar-refractivity contribution is 6.31. The largest absolute Gasteiger partial charge is 0.490 e. The average Bonchev–Trinajstić information content (AvgIpc) is 2.60. The van der Waals surface area contributed by atoms with E-state index < -0.39 is 11.8 Å². The van der Waals surface area contributed by atoms with Gasteiger partial charge in [-0.25, -0.2) is 0 Å². The van der Waals surface area contributed by atoms with E-state index in [-0.39, 0.29) is 12.7 Å². The van der Waals surface area contributed by atoms with Crippen LogP contribution in [0, 0.1) is 6.92 Å². The van der Waals surface area contributed by atoms with Crippen molar-refractivity contribution in [3.8, 4) is 11.5 Å². The first-order chi connectivity index (χ1) is 12.4. The summed E-state index contributed by atoms with van der Waals surface area (Å²) in [6.07, 6.45) is -0.0743. The molecule has 0 atom stereocenters. The molecule has 0 aliphatic heterocycles. The maximum Gasteiger partial charge on any atom is 0.276 e. The zero-order valence-electron chi connectivity index (χ0n) is 14.8. The third kappa shape index (κ3) is 5.67. The average molecular weight is 377 g/mol. The lowest BCUT2D eigenvalue weighted by molar-refractivity contribution is -0.123. The molecule has 0 saturated carbocycles. The van der Waals surface area contributed by atoms with Crippen LogP contribution < -0.4 is 20.3 Å². The Morgan fingerprint density at radius 3 is 2.54 bits per heavy atom. The lowest BCUT2D eigenvalue weighted by Gasteiger charge is -2.14. The Bertz CT molecular complexity index is 793. The summed E-state index contributed by atoms with van der Waals surface area (Å²) < 4.78 is 11.0. The molecule has 0 aromatic heterocycles. The molecule has 2 aromatic carbocycles. The first-order valence-corrected chi connectivity index (χ1v) is 8.48. The molecule has 6 nitrogen and oxygen atoms in total. The Morgan fingerprint density at radius 2 is 1.85 bits per heavy atom. The van der Waals surface area contributed by atoms with Crippen LogP contribution in [0.25, 0.3) is 0 Å². The molecule has 0 fully saturated rings. The molecule has 0 aliphatic carbocycles. The Kier molecular flexibility index (Phi) is 6.86. The van der Waals surface area contributed by atoms with Crippen LogP contribution in [-0.2, 0) is 4.79 Å². The standard InChI is InChI=1S/C19H21ClN2O4/c1-12(2)26-17-7-5-4-6-15(17)19(24)22-21-18(23)11-25-14-8-9-16(20)13(3)10-14/h4-10,12H,11H2,1-3H3,(H,21,23)(H,22,24). The lowest BCUT2D eigenvalue weighted by atomic mass is 10.2. The maximum atomic E-state index is 12.2. The molecule has 0 bridgehead atoms. The zero-order valence-corrected chi connectivity index (χ0v) is 15.6. The number of aryl methyl sites for hydroxylation is 1. The van der Waals surface area contributed by atoms with Gasteiger partial charge in [0.05, 0.1) is 11.7 Å². The minimum atomic E-state index is -0.492. The van der Waals surface area contributed by atoms with Crippen LogP contribution in [0.4, 0.5) is 0 Å². The van der Waals surface area contributed by atoms with Gasteiger partial charge >= 0.3 is 0 Å². The minimum absolute atomic E-state index is 0.0743. The molecule has 0 heterocycles. The summed E-state index contributed by atoms with van der Waals surface area (Å²) >= 11 is 5.94. The van der Waals surface area contributed by atoms with Gasteiger partial charge in [0.25, 0.3) is 11.8 Å². The highest BCUT2D eigenvalue weighted by Gasteiger charge is 2.14. The van der Waals surface area contributed by atoms with Crippen LogP contribution >= 0.6 is 11.6 Å². The second-order valence-corrected chi connectivity index (χ2v) is 6.27. The second-order valence-electron chi connectivity index (χ2n) is 5.86. The molecule has 0 saturated heterocycles. The summed E-state index contributed by atoms with van der Waals surface area (Å²) in [6, 6.07) is 11.9. The van der Waals surface area contributed by atoms with E-state index in [4.69, 9.17) is 21.1 Å². The topological polar surface area (TPSA) is 76.7 Å². The van der Waals surface area contributed by atoms with Crippen molar-refractivity contribution in [1.82, 2.24) is 10.9 Å². The number of para-hydroxylation sites is 1. The van der Waals surface area contributed by atoms with Gasteiger partial charge in [0.15, 0.2) is 6.61 Å². The third-order valence-electron chi connectivity index (χ3n) is 3.31. The molecule has 0 aliphatic rings. The monoisotopic (exact) mass is 376 g/mol. The number of hydrogen-bond acceptors (Lipinski definition) is 4. The molecule has 2 aromatic rings. The molecule has 26 heavy (non-hydrogen) atoms. The Hall–Kier alpha value is -2.73. The second kappa shape index (κ2) is 9.10. The SMILES string of the molecule is Cc1cc(OCC(=O)NNC(=O)c2ccccc2OC(C)C)ccc1Cl. The van der Waals surface area contributed by atoms with E-state index in [0.717, 1.165) is 5.56 Å². The van der Waals surface area contributed by atoms with Gasteiger partial charge < -0.3 is 9.47 Å². The molecule has 2 amide bonds. The van der Waals surface area contributed by atoms with Crippen LogP contribution in [0.15, 0.2) is 42.5 Å². The summed E-state index contributed by atoms with van der Waals surface area (Å²) in [7, 11) is 0. The van der Waals surface area contributed by atoms with E-state index in [1.54, 1.807) is 42.5 Å². The Labute approximate surface area is 157 Å². The molecule has 138 valence electrons. The normalized spacial score (nSPS) is 10.3. The fourth-order valence-corrected chi connectivity index (χ4v) is 2.21. The van der Waals surface area contributed by atoms with Crippen molar-refractivity contribution >= 4 is 23.4 Å². The van der Waals surface area contributed by atoms with Crippen molar-refractivity contribution in [3.63, 3.8) is 0 Å². The van der Waals surface area contributed by atoms with Crippen LogP contribution in [0.2, 0.25) is 5.02 Å². The fourth-order valence-electron chi connectivity index (χ4n) is 2.10. The number of hydrogen-bond donors (Lipinski definition) is 2. The van der Waals surface area contributed by atoms with Crippen molar-refractivity contribution in [2.75, 3.05) is 6.61 Å². The minimum Gasteiger partial charge on any atom is -0.490 e. The number of ether oxygens (including phenoxy) is 2. The van der Waals surface area contributed by atoms with E-state index in [9.17, 15) is 9.59 Å². The smallest absolute Gasteiger partial charge is 0.276 e. The Morgan fingerprint density at radius 1 is 1.12 bits per heavy atom. The van der Waals surface area contributed by atoms with Gasteiger partial charge in [-0.3, -0.25) is 20.4 Å². The molecular formula is C19H21ClN2O4. The quantitative estimate of drug-likeness (QED) is 0.758. The number of carbonyl (C=O) groups excluding carboxylic acids is 2. The first-order valence-electron chi connectivity index (χ1n) is 8.10. The van der Waals surface area contributed by atoms with E-state index >= 15 is 0 Å². The van der Waals surface area contributed by atoms with Crippen molar-refractivity contribution in [3.05, 3.63) is 58.6 Å². The van der Waals surface area contributed by atoms with Crippen LogP contribution in [0.5, 0.6) is 11.5 Å². The van der Waals surface area contributed by atoms with E-state index in [1.165, 1.54) is 0 Å². The summed E-state index contributed by atoms with van der Waals surface area (Å²) in [6.45, 7) is 5.33. The summed E-state index contributed by atoms with van der Waals surface area (Å²) in [4.78, 5) is 24.1. The zero-order chi connectivity index (χ0) is 19.1. The van der Waals surface area contributed by atoms with Crippen molar-refractivity contribution in [1.29, 1.82) is 0 Å². The summed E-state index contributed by atoms with van der Waals surface area (Å²) in [5.41, 5.74) is 5.84. The highest BCUT2D eigenvalue weighted by atomic mass is 35.5. The van der Waals surface area contributed by atoms with Gasteiger partial charge in [-0.15, -0.1) is 0 Å². The molecule has 2 N–H and O–H groups in total. The summed E-state index contributed by atoms with van der Waals surface area (Å²) in [5, 5.41) is 0.622. The van der Waals surface area contributed by atoms with Gasteiger partial charge in [-0.2, -0.15) is 0 Å². The Balaban J connectivity index is 1.87. The fraction of sp³-hybridized carbons (Fsp3) is 0.263. The summed E-state index contributed by atoms with van der Waals surface area (Å²) in [5.74, 6) is -0.00339. The number of carbonyl (C=O) groups is 2. The van der Waals surface area contributed by atoms with Crippen LogP contribution in [0.3, 0.4) is 0 Å². The number of rotatable bonds is 6.